The van der Waals surface area contributed by atoms with Gasteiger partial charge in [-0.15, -0.1) is 0 Å². The Hall–Kier alpha value is -4.28. The summed E-state index contributed by atoms with van der Waals surface area (Å²) < 4.78 is 56.7. The highest BCUT2D eigenvalue weighted by Gasteiger charge is 2.27. The van der Waals surface area contributed by atoms with Gasteiger partial charge in [0.1, 0.15) is 0 Å². The average Bonchev–Trinajstić information content (AvgIpc) is 2.94. The SMILES string of the molecule is Cc1ccc(S(=O)(=O)N(C#C[Si](C)(C)C#CN(c2ccccc2)S(=O)(=O)c2ccc(C)cc2)c2ccccc2)cc1. The molecular weight excluding hydrogens is 569 g/mol. The Kier molecular flexibility index (Phi) is 8.74. The summed E-state index contributed by atoms with van der Waals surface area (Å²) in [5.74, 6) is 0. The van der Waals surface area contributed by atoms with E-state index in [9.17, 15) is 16.8 Å². The molecule has 0 saturated carbocycles. The van der Waals surface area contributed by atoms with Crippen LogP contribution in [0.3, 0.4) is 0 Å². The number of rotatable bonds is 6. The highest BCUT2D eigenvalue weighted by molar-refractivity contribution is 7.93. The van der Waals surface area contributed by atoms with Crippen molar-refractivity contribution in [3.05, 3.63) is 120 Å². The second-order valence-electron chi connectivity index (χ2n) is 9.93. The molecule has 0 fully saturated rings. The molecule has 0 N–H and O–H groups in total. The summed E-state index contributed by atoms with van der Waals surface area (Å²) in [6.45, 7) is 7.46. The van der Waals surface area contributed by atoms with Crippen molar-refractivity contribution in [2.75, 3.05) is 8.61 Å². The van der Waals surface area contributed by atoms with E-state index in [-0.39, 0.29) is 9.79 Å². The number of hydrogen-bond acceptors (Lipinski definition) is 4. The number of anilines is 2. The predicted octanol–water partition coefficient (Wildman–Crippen LogP) is 6.10. The minimum absolute atomic E-state index is 0.117. The van der Waals surface area contributed by atoms with Gasteiger partial charge in [0.2, 0.25) is 8.07 Å². The molecular formula is C32H30N2O4S2Si. The van der Waals surface area contributed by atoms with Crippen LogP contribution in [0.25, 0.3) is 0 Å². The van der Waals surface area contributed by atoms with Crippen molar-refractivity contribution in [1.82, 2.24) is 0 Å². The smallest absolute Gasteiger partial charge is 0.200 e. The molecule has 0 bridgehead atoms. The summed E-state index contributed by atoms with van der Waals surface area (Å²) >= 11 is 0. The molecule has 208 valence electrons. The number of para-hydroxylation sites is 2. The summed E-state index contributed by atoms with van der Waals surface area (Å²) in [7, 11) is -10.8. The summed E-state index contributed by atoms with van der Waals surface area (Å²) in [5, 5.41) is 0. The van der Waals surface area contributed by atoms with E-state index in [1.807, 2.05) is 26.9 Å². The lowest BCUT2D eigenvalue weighted by Crippen LogP contribution is -2.30. The molecule has 6 nitrogen and oxygen atoms in total. The monoisotopic (exact) mass is 598 g/mol. The first-order valence-electron chi connectivity index (χ1n) is 12.8. The molecule has 41 heavy (non-hydrogen) atoms. The Labute approximate surface area is 244 Å². The summed E-state index contributed by atoms with van der Waals surface area (Å²) in [6, 6.07) is 36.1. The van der Waals surface area contributed by atoms with Crippen LogP contribution >= 0.6 is 0 Å². The molecule has 0 radical (unpaired) electrons. The Morgan fingerprint density at radius 1 is 0.512 bits per heavy atom. The summed E-state index contributed by atoms with van der Waals surface area (Å²) in [4.78, 5) is 0.234. The zero-order valence-corrected chi connectivity index (χ0v) is 25.9. The molecule has 0 aromatic heterocycles. The third kappa shape index (κ3) is 7.08. The van der Waals surface area contributed by atoms with E-state index in [2.05, 4.69) is 23.2 Å². The van der Waals surface area contributed by atoms with Crippen molar-refractivity contribution >= 4 is 39.5 Å². The van der Waals surface area contributed by atoms with Gasteiger partial charge in [0.05, 0.1) is 21.2 Å². The summed E-state index contributed by atoms with van der Waals surface area (Å²) in [6.07, 6.45) is 0. The van der Waals surface area contributed by atoms with E-state index in [1.54, 1.807) is 109 Å². The van der Waals surface area contributed by atoms with Crippen LogP contribution in [0, 0.1) is 37.0 Å². The Morgan fingerprint density at radius 2 is 0.829 bits per heavy atom. The van der Waals surface area contributed by atoms with Crippen LogP contribution in [0.15, 0.2) is 119 Å². The van der Waals surface area contributed by atoms with Crippen LogP contribution in [0.1, 0.15) is 11.1 Å². The molecule has 0 aliphatic heterocycles. The van der Waals surface area contributed by atoms with Crippen LogP contribution in [-0.4, -0.2) is 24.9 Å². The van der Waals surface area contributed by atoms with E-state index < -0.39 is 28.1 Å². The van der Waals surface area contributed by atoms with Gasteiger partial charge in [-0.25, -0.2) is 16.8 Å². The number of sulfonamides is 2. The van der Waals surface area contributed by atoms with Gasteiger partial charge in [-0.3, -0.25) is 0 Å². The molecule has 0 aliphatic rings. The van der Waals surface area contributed by atoms with Gasteiger partial charge in [0.15, 0.2) is 0 Å². The average molecular weight is 599 g/mol. The normalized spacial score (nSPS) is 11.4. The van der Waals surface area contributed by atoms with E-state index in [0.29, 0.717) is 11.4 Å². The lowest BCUT2D eigenvalue weighted by molar-refractivity contribution is 0.595. The van der Waals surface area contributed by atoms with Gasteiger partial charge < -0.3 is 0 Å². The van der Waals surface area contributed by atoms with E-state index in [0.717, 1.165) is 19.7 Å². The van der Waals surface area contributed by atoms with Crippen LogP contribution in [-0.2, 0) is 20.0 Å². The molecule has 9 heteroatoms. The van der Waals surface area contributed by atoms with Gasteiger partial charge in [0, 0.05) is 12.1 Å². The first-order valence-corrected chi connectivity index (χ1v) is 18.7. The number of hydrogen-bond donors (Lipinski definition) is 0. The summed E-state index contributed by atoms with van der Waals surface area (Å²) in [5.41, 5.74) is 8.85. The first-order chi connectivity index (χ1) is 19.4. The van der Waals surface area contributed by atoms with Crippen molar-refractivity contribution in [3.8, 4) is 23.2 Å². The number of benzene rings is 4. The molecule has 0 spiro atoms. The molecule has 0 amide bonds. The van der Waals surface area contributed by atoms with E-state index in [4.69, 9.17) is 0 Å². The Bertz CT molecular complexity index is 1710. The molecule has 0 heterocycles. The van der Waals surface area contributed by atoms with Gasteiger partial charge in [-0.1, -0.05) is 82.9 Å². The van der Waals surface area contributed by atoms with Crippen molar-refractivity contribution in [2.45, 2.75) is 36.7 Å². The zero-order chi connectivity index (χ0) is 29.7. The topological polar surface area (TPSA) is 74.8 Å². The lowest BCUT2D eigenvalue weighted by atomic mass is 10.2. The van der Waals surface area contributed by atoms with Crippen LogP contribution in [0.5, 0.6) is 0 Å². The van der Waals surface area contributed by atoms with Crippen LogP contribution < -0.4 is 8.61 Å². The second kappa shape index (κ2) is 12.1. The minimum atomic E-state index is -4.00. The van der Waals surface area contributed by atoms with Crippen molar-refractivity contribution in [1.29, 1.82) is 0 Å². The molecule has 0 aliphatic carbocycles. The third-order valence-corrected chi connectivity index (χ3v) is 10.8. The fraction of sp³-hybridized carbons (Fsp3) is 0.125. The fourth-order valence-corrected chi connectivity index (χ4v) is 7.22. The van der Waals surface area contributed by atoms with Crippen molar-refractivity contribution < 1.29 is 16.8 Å². The van der Waals surface area contributed by atoms with Gasteiger partial charge in [0.25, 0.3) is 20.0 Å². The van der Waals surface area contributed by atoms with Gasteiger partial charge >= 0.3 is 0 Å². The maximum absolute atomic E-state index is 13.6. The Balaban J connectivity index is 1.77. The Morgan fingerprint density at radius 3 is 1.15 bits per heavy atom. The largest absolute Gasteiger partial charge is 0.275 e. The third-order valence-electron chi connectivity index (χ3n) is 6.04. The minimum Gasteiger partial charge on any atom is -0.200 e. The molecule has 0 unspecified atom stereocenters. The second-order valence-corrected chi connectivity index (χ2v) is 17.3. The van der Waals surface area contributed by atoms with E-state index in [1.165, 1.54) is 0 Å². The zero-order valence-electron chi connectivity index (χ0n) is 23.2. The molecule has 4 aromatic rings. The fourth-order valence-electron chi connectivity index (χ4n) is 3.70. The van der Waals surface area contributed by atoms with Crippen molar-refractivity contribution in [3.63, 3.8) is 0 Å². The number of nitrogens with zero attached hydrogens (tertiary/aromatic N) is 2. The highest BCUT2D eigenvalue weighted by Crippen LogP contribution is 2.25. The van der Waals surface area contributed by atoms with Crippen molar-refractivity contribution in [2.24, 2.45) is 0 Å². The van der Waals surface area contributed by atoms with Crippen LogP contribution in [0.2, 0.25) is 13.1 Å². The maximum Gasteiger partial charge on any atom is 0.275 e. The van der Waals surface area contributed by atoms with E-state index >= 15 is 0 Å². The highest BCUT2D eigenvalue weighted by atomic mass is 32.2. The number of aryl methyl sites for hydroxylation is 2. The quantitative estimate of drug-likeness (QED) is 0.153. The standard InChI is InChI=1S/C32H30N2O4S2Si/c1-27-15-19-31(20-16-27)39(35,36)33(29-11-7-5-8-12-29)23-25-41(3,4)26-24-34(30-13-9-6-10-14-30)40(37,38)32-21-17-28(2)18-22-32/h5-22H,1-4H3. The molecule has 0 saturated heterocycles. The van der Waals surface area contributed by atoms with Gasteiger partial charge in [-0.2, -0.15) is 8.61 Å². The predicted molar refractivity (Wildman–Crippen MR) is 168 cm³/mol. The molecule has 0 atom stereocenters. The van der Waals surface area contributed by atoms with Gasteiger partial charge in [-0.05, 0) is 75.5 Å². The first kappa shape index (κ1) is 29.7. The van der Waals surface area contributed by atoms with Crippen LogP contribution in [0.4, 0.5) is 11.4 Å². The molecule has 4 aromatic carbocycles. The lowest BCUT2D eigenvalue weighted by Gasteiger charge is -2.20. The molecule has 4 rings (SSSR count). The maximum atomic E-state index is 13.6.